The zero-order chi connectivity index (χ0) is 19.3. The van der Waals surface area contributed by atoms with Gasteiger partial charge in [-0.2, -0.15) is 0 Å². The lowest BCUT2D eigenvalue weighted by atomic mass is 10.2. The standard InChI is InChI=1S/C16H12Cl4IN3OS/c17-11-3-1-2-4-12(11)22-15(26)24-14(16(18,19)20)23-13(25)9-5-7-10(21)8-6-9/h1-8,14H,(H,23,25)(H2,22,24,26). The molecule has 26 heavy (non-hydrogen) atoms. The average molecular weight is 563 g/mol. The van der Waals surface area contributed by atoms with E-state index in [2.05, 4.69) is 38.5 Å². The molecule has 0 spiro atoms. The van der Waals surface area contributed by atoms with E-state index < -0.39 is 15.9 Å². The van der Waals surface area contributed by atoms with Gasteiger partial charge in [-0.25, -0.2) is 0 Å². The summed E-state index contributed by atoms with van der Waals surface area (Å²) in [5.74, 6) is -0.411. The van der Waals surface area contributed by atoms with Crippen molar-refractivity contribution >= 4 is 97.9 Å². The van der Waals surface area contributed by atoms with Crippen LogP contribution >= 0.6 is 81.2 Å². The van der Waals surface area contributed by atoms with E-state index in [-0.39, 0.29) is 5.11 Å². The molecular weight excluding hydrogens is 551 g/mol. The molecule has 0 bridgehead atoms. The van der Waals surface area contributed by atoms with Crippen molar-refractivity contribution in [2.75, 3.05) is 5.32 Å². The summed E-state index contributed by atoms with van der Waals surface area (Å²) in [5.41, 5.74) is 1.01. The number of hydrogen-bond donors (Lipinski definition) is 3. The van der Waals surface area contributed by atoms with Crippen molar-refractivity contribution in [1.82, 2.24) is 10.6 Å². The van der Waals surface area contributed by atoms with Crippen molar-refractivity contribution in [2.24, 2.45) is 0 Å². The second-order valence-corrected chi connectivity index (χ2v) is 9.46. The highest BCUT2D eigenvalue weighted by Crippen LogP contribution is 2.29. The minimum atomic E-state index is -1.84. The number of benzene rings is 2. The molecule has 1 amide bonds. The predicted octanol–water partition coefficient (Wildman–Crippen LogP) is 5.36. The molecule has 0 aliphatic heterocycles. The molecule has 2 aromatic rings. The van der Waals surface area contributed by atoms with Gasteiger partial charge in [0.25, 0.3) is 5.91 Å². The first-order valence-electron chi connectivity index (χ1n) is 7.12. The Bertz CT molecular complexity index is 799. The molecule has 0 saturated carbocycles. The van der Waals surface area contributed by atoms with Crippen molar-refractivity contribution in [1.29, 1.82) is 0 Å². The summed E-state index contributed by atoms with van der Waals surface area (Å²) in [6.45, 7) is 0. The fourth-order valence-electron chi connectivity index (χ4n) is 1.87. The van der Waals surface area contributed by atoms with Crippen molar-refractivity contribution in [3.05, 3.63) is 62.7 Å². The van der Waals surface area contributed by atoms with Gasteiger partial charge >= 0.3 is 0 Å². The molecule has 1 unspecified atom stereocenters. The normalized spacial score (nSPS) is 12.2. The van der Waals surface area contributed by atoms with E-state index in [1.54, 1.807) is 48.5 Å². The van der Waals surface area contributed by atoms with Gasteiger partial charge in [0.15, 0.2) is 5.11 Å². The summed E-state index contributed by atoms with van der Waals surface area (Å²) < 4.78 is -0.842. The van der Waals surface area contributed by atoms with Gasteiger partial charge in [0.2, 0.25) is 3.79 Å². The van der Waals surface area contributed by atoms with E-state index in [4.69, 9.17) is 58.6 Å². The Labute approximate surface area is 190 Å². The summed E-state index contributed by atoms with van der Waals surface area (Å²) in [6.07, 6.45) is -1.07. The lowest BCUT2D eigenvalue weighted by molar-refractivity contribution is 0.0934. The van der Waals surface area contributed by atoms with Crippen molar-refractivity contribution in [2.45, 2.75) is 9.96 Å². The van der Waals surface area contributed by atoms with Gasteiger partial charge in [-0.3, -0.25) is 4.79 Å². The lowest BCUT2D eigenvalue weighted by Crippen LogP contribution is -2.56. The monoisotopic (exact) mass is 561 g/mol. The predicted molar refractivity (Wildman–Crippen MR) is 122 cm³/mol. The van der Waals surface area contributed by atoms with Crippen LogP contribution in [-0.4, -0.2) is 21.0 Å². The molecule has 2 rings (SSSR count). The first-order valence-corrected chi connectivity index (χ1v) is 10.1. The van der Waals surface area contributed by atoms with E-state index >= 15 is 0 Å². The molecule has 1 atom stereocenters. The Morgan fingerprint density at radius 1 is 1.04 bits per heavy atom. The molecule has 3 N–H and O–H groups in total. The van der Waals surface area contributed by atoms with E-state index in [1.165, 1.54) is 0 Å². The number of anilines is 1. The number of nitrogens with one attached hydrogen (secondary N) is 3. The van der Waals surface area contributed by atoms with Crippen LogP contribution in [0.15, 0.2) is 48.5 Å². The molecule has 0 saturated heterocycles. The number of para-hydroxylation sites is 1. The van der Waals surface area contributed by atoms with Gasteiger partial charge in [0.1, 0.15) is 6.17 Å². The summed E-state index contributed by atoms with van der Waals surface area (Å²) in [4.78, 5) is 12.4. The fourth-order valence-corrected chi connectivity index (χ4v) is 2.97. The molecule has 0 aliphatic rings. The summed E-state index contributed by atoms with van der Waals surface area (Å²) in [6, 6.07) is 14.0. The molecule has 0 fully saturated rings. The minimum absolute atomic E-state index is 0.136. The third kappa shape index (κ3) is 6.58. The second-order valence-electron chi connectivity index (χ2n) is 5.03. The first kappa shape index (κ1) is 21.8. The van der Waals surface area contributed by atoms with Crippen LogP contribution < -0.4 is 16.0 Å². The molecule has 138 valence electrons. The Kier molecular flexibility index (Phi) is 8.06. The zero-order valence-corrected chi connectivity index (χ0v) is 18.9. The van der Waals surface area contributed by atoms with Crippen LogP contribution in [0.3, 0.4) is 0 Å². The summed E-state index contributed by atoms with van der Waals surface area (Å²) in [7, 11) is 0. The molecule has 0 heterocycles. The quantitative estimate of drug-likeness (QED) is 0.203. The summed E-state index contributed by atoms with van der Waals surface area (Å²) >= 11 is 31.4. The minimum Gasteiger partial charge on any atom is -0.339 e. The average Bonchev–Trinajstić information content (AvgIpc) is 2.56. The maximum Gasteiger partial charge on any atom is 0.252 e. The van der Waals surface area contributed by atoms with Crippen molar-refractivity contribution in [3.8, 4) is 0 Å². The van der Waals surface area contributed by atoms with E-state index in [1.807, 2.05) is 0 Å². The third-order valence-corrected chi connectivity index (χ3v) is 5.03. The van der Waals surface area contributed by atoms with Gasteiger partial charge in [0, 0.05) is 9.13 Å². The first-order chi connectivity index (χ1) is 12.2. The number of hydrogen-bond acceptors (Lipinski definition) is 2. The maximum absolute atomic E-state index is 12.4. The van der Waals surface area contributed by atoms with Crippen LogP contribution in [0.1, 0.15) is 10.4 Å². The molecule has 2 aromatic carbocycles. The number of alkyl halides is 3. The molecule has 4 nitrogen and oxygen atoms in total. The Morgan fingerprint density at radius 2 is 1.65 bits per heavy atom. The number of carbonyl (C=O) groups is 1. The lowest BCUT2D eigenvalue weighted by Gasteiger charge is -2.28. The molecular formula is C16H12Cl4IN3OS. The smallest absolute Gasteiger partial charge is 0.252 e. The maximum atomic E-state index is 12.4. The van der Waals surface area contributed by atoms with Gasteiger partial charge < -0.3 is 16.0 Å². The van der Waals surface area contributed by atoms with Crippen molar-refractivity contribution in [3.63, 3.8) is 0 Å². The van der Waals surface area contributed by atoms with Gasteiger partial charge in [-0.15, -0.1) is 0 Å². The van der Waals surface area contributed by atoms with Crippen LogP contribution in [-0.2, 0) is 0 Å². The number of amides is 1. The Hall–Kier alpha value is -0.510. The van der Waals surface area contributed by atoms with Crippen LogP contribution in [0.4, 0.5) is 5.69 Å². The Balaban J connectivity index is 2.07. The second kappa shape index (κ2) is 9.61. The van der Waals surface area contributed by atoms with Crippen LogP contribution in [0, 0.1) is 3.57 Å². The third-order valence-electron chi connectivity index (χ3n) is 3.11. The van der Waals surface area contributed by atoms with Crippen LogP contribution in [0.5, 0.6) is 0 Å². The van der Waals surface area contributed by atoms with Crippen LogP contribution in [0.25, 0.3) is 0 Å². The zero-order valence-electron chi connectivity index (χ0n) is 12.9. The molecule has 0 aromatic heterocycles. The summed E-state index contributed by atoms with van der Waals surface area (Å²) in [5, 5.41) is 8.90. The fraction of sp³-hybridized carbons (Fsp3) is 0.125. The van der Waals surface area contributed by atoms with Gasteiger partial charge in [0.05, 0.1) is 10.7 Å². The van der Waals surface area contributed by atoms with Crippen LogP contribution in [0.2, 0.25) is 5.02 Å². The Morgan fingerprint density at radius 3 is 2.23 bits per heavy atom. The SMILES string of the molecule is O=C(NC(NC(=S)Nc1ccccc1Cl)C(Cl)(Cl)Cl)c1ccc(I)cc1. The number of rotatable bonds is 4. The number of carbonyl (C=O) groups excluding carboxylic acids is 1. The largest absolute Gasteiger partial charge is 0.339 e. The van der Waals surface area contributed by atoms with E-state index in [0.717, 1.165) is 3.57 Å². The number of thiocarbonyl (C=S) groups is 1. The molecule has 0 aliphatic carbocycles. The van der Waals surface area contributed by atoms with Gasteiger partial charge in [-0.05, 0) is 71.2 Å². The highest BCUT2D eigenvalue weighted by atomic mass is 127. The topological polar surface area (TPSA) is 53.2 Å². The van der Waals surface area contributed by atoms with E-state index in [0.29, 0.717) is 16.3 Å². The van der Waals surface area contributed by atoms with E-state index in [9.17, 15) is 4.79 Å². The molecule has 10 heteroatoms. The van der Waals surface area contributed by atoms with Gasteiger partial charge in [-0.1, -0.05) is 58.5 Å². The highest BCUT2D eigenvalue weighted by molar-refractivity contribution is 14.1. The molecule has 0 radical (unpaired) electrons. The highest BCUT2D eigenvalue weighted by Gasteiger charge is 2.35. The number of halogens is 5. The van der Waals surface area contributed by atoms with Crippen molar-refractivity contribution < 1.29 is 4.79 Å².